The number of aryl methyl sites for hydroxylation is 1. The van der Waals surface area contributed by atoms with Gasteiger partial charge in [-0.05, 0) is 18.6 Å². The molecule has 0 bridgehead atoms. The van der Waals surface area contributed by atoms with Crippen molar-refractivity contribution in [2.75, 3.05) is 0 Å². The minimum atomic E-state index is -0.260. The molecule has 0 aliphatic carbocycles. The van der Waals surface area contributed by atoms with Gasteiger partial charge >= 0.3 is 0 Å². The van der Waals surface area contributed by atoms with Crippen LogP contribution < -0.4 is 5.32 Å². The molecule has 0 unspecified atom stereocenters. The number of rotatable bonds is 4. The van der Waals surface area contributed by atoms with E-state index in [4.69, 9.17) is 4.98 Å². The fourth-order valence-corrected chi connectivity index (χ4v) is 4.25. The summed E-state index contributed by atoms with van der Waals surface area (Å²) in [6.45, 7) is 1.94. The molecule has 4 aromatic heterocycles. The van der Waals surface area contributed by atoms with Gasteiger partial charge < -0.3 is 9.88 Å². The number of carbonyl (C=O) groups is 1. The minimum absolute atomic E-state index is 0.198. The molecule has 4 heterocycles. The molecule has 30 heavy (non-hydrogen) atoms. The molecule has 5 rings (SSSR count). The lowest BCUT2D eigenvalue weighted by Crippen LogP contribution is -2.27. The number of pyridine rings is 1. The van der Waals surface area contributed by atoms with Crippen LogP contribution in [0.4, 0.5) is 0 Å². The summed E-state index contributed by atoms with van der Waals surface area (Å²) in [7, 11) is 1.95. The van der Waals surface area contributed by atoms with E-state index in [9.17, 15) is 4.79 Å². The Kier molecular flexibility index (Phi) is 4.44. The summed E-state index contributed by atoms with van der Waals surface area (Å²) in [5, 5.41) is 3.84. The first kappa shape index (κ1) is 18.3. The predicted octanol–water partition coefficient (Wildman–Crippen LogP) is 3.53. The number of nitrogens with one attached hydrogen (secondary N) is 1. The van der Waals surface area contributed by atoms with Gasteiger partial charge in [-0.15, -0.1) is 0 Å². The first-order valence-electron chi connectivity index (χ1n) is 9.34. The lowest BCUT2D eigenvalue weighted by Gasteiger charge is -2.14. The molecule has 0 fully saturated rings. The Labute approximate surface area is 175 Å². The topological polar surface area (TPSA) is 98.5 Å². The summed E-state index contributed by atoms with van der Waals surface area (Å²) in [5.74, 6) is -0.260. The highest BCUT2D eigenvalue weighted by Crippen LogP contribution is 2.33. The molecule has 0 saturated heterocycles. The number of imidazole rings is 1. The molecular formula is C21H17N7OS. The SMILES string of the molecule is C[C@H](NC(=O)c1cnccn1)c1cccc(-c2nc3c(ncc4ncn(C)c43)s2)c1. The van der Waals surface area contributed by atoms with Crippen LogP contribution in [0.2, 0.25) is 0 Å². The van der Waals surface area contributed by atoms with Gasteiger partial charge in [-0.1, -0.05) is 29.5 Å². The average molecular weight is 415 g/mol. The fourth-order valence-electron chi connectivity index (χ4n) is 3.34. The van der Waals surface area contributed by atoms with Crippen molar-refractivity contribution in [2.24, 2.45) is 7.05 Å². The number of hydrogen-bond donors (Lipinski definition) is 1. The summed E-state index contributed by atoms with van der Waals surface area (Å²) >= 11 is 1.54. The molecule has 1 aromatic carbocycles. The molecule has 0 aliphatic heterocycles. The van der Waals surface area contributed by atoms with Gasteiger partial charge in [0.05, 0.1) is 30.3 Å². The Balaban J connectivity index is 1.46. The lowest BCUT2D eigenvalue weighted by atomic mass is 10.1. The van der Waals surface area contributed by atoms with Crippen molar-refractivity contribution in [3.05, 3.63) is 66.6 Å². The Morgan fingerprint density at radius 1 is 1.17 bits per heavy atom. The number of thiazole rings is 1. The van der Waals surface area contributed by atoms with Crippen molar-refractivity contribution in [3.8, 4) is 10.6 Å². The molecule has 8 nitrogen and oxygen atoms in total. The van der Waals surface area contributed by atoms with E-state index in [0.29, 0.717) is 0 Å². The highest BCUT2D eigenvalue weighted by Gasteiger charge is 2.16. The van der Waals surface area contributed by atoms with Gasteiger partial charge in [0.25, 0.3) is 5.91 Å². The largest absolute Gasteiger partial charge is 0.344 e. The normalized spacial score (nSPS) is 12.3. The molecule has 1 amide bonds. The molecule has 1 N–H and O–H groups in total. The van der Waals surface area contributed by atoms with Gasteiger partial charge in [0.1, 0.15) is 26.6 Å². The van der Waals surface area contributed by atoms with Gasteiger partial charge in [0.2, 0.25) is 0 Å². The number of fused-ring (bicyclic) bond motifs is 3. The van der Waals surface area contributed by atoms with Crippen molar-refractivity contribution in [1.29, 1.82) is 0 Å². The van der Waals surface area contributed by atoms with Crippen LogP contribution in [0.15, 0.2) is 55.4 Å². The van der Waals surface area contributed by atoms with Crippen molar-refractivity contribution < 1.29 is 4.79 Å². The standard InChI is InChI=1S/C21H17N7OS/c1-12(26-19(29)16-9-22-6-7-23-16)13-4-3-5-14(8-13)20-27-17-18-15(25-11-28(18)2)10-24-21(17)30-20/h3-12H,1-2H3,(H,26,29)/t12-/m0/s1. The lowest BCUT2D eigenvalue weighted by molar-refractivity contribution is 0.0934. The van der Waals surface area contributed by atoms with Crippen molar-refractivity contribution in [2.45, 2.75) is 13.0 Å². The van der Waals surface area contributed by atoms with Gasteiger partial charge in [-0.25, -0.2) is 19.9 Å². The van der Waals surface area contributed by atoms with Crippen LogP contribution in [0.5, 0.6) is 0 Å². The molecule has 9 heteroatoms. The third kappa shape index (κ3) is 3.18. The third-order valence-corrected chi connectivity index (χ3v) is 5.89. The second kappa shape index (κ2) is 7.27. The van der Waals surface area contributed by atoms with Crippen molar-refractivity contribution >= 4 is 38.6 Å². The summed E-state index contributed by atoms with van der Waals surface area (Å²) in [5.41, 5.74) is 4.90. The van der Waals surface area contributed by atoms with E-state index >= 15 is 0 Å². The van der Waals surface area contributed by atoms with E-state index in [1.54, 1.807) is 12.5 Å². The van der Waals surface area contributed by atoms with E-state index in [-0.39, 0.29) is 17.6 Å². The maximum atomic E-state index is 12.4. The maximum Gasteiger partial charge on any atom is 0.271 e. The number of nitrogens with zero attached hydrogens (tertiary/aromatic N) is 6. The number of aromatic nitrogens is 6. The zero-order valence-electron chi connectivity index (χ0n) is 16.3. The molecule has 0 radical (unpaired) electrons. The highest BCUT2D eigenvalue weighted by molar-refractivity contribution is 7.21. The summed E-state index contributed by atoms with van der Waals surface area (Å²) in [6, 6.07) is 7.81. The van der Waals surface area contributed by atoms with Crippen LogP contribution in [-0.4, -0.2) is 35.4 Å². The Hall–Kier alpha value is -3.72. The van der Waals surface area contributed by atoms with E-state index in [1.807, 2.05) is 42.8 Å². The molecule has 1 atom stereocenters. The van der Waals surface area contributed by atoms with Crippen LogP contribution in [0.25, 0.3) is 32.0 Å². The monoisotopic (exact) mass is 415 g/mol. The van der Waals surface area contributed by atoms with Crippen molar-refractivity contribution in [1.82, 2.24) is 34.8 Å². The van der Waals surface area contributed by atoms with Crippen LogP contribution in [0, 0.1) is 0 Å². The molecular weight excluding hydrogens is 398 g/mol. The molecule has 148 valence electrons. The quantitative estimate of drug-likeness (QED) is 0.482. The van der Waals surface area contributed by atoms with Gasteiger partial charge in [0, 0.05) is 25.0 Å². The summed E-state index contributed by atoms with van der Waals surface area (Å²) in [4.78, 5) is 35.0. The van der Waals surface area contributed by atoms with Crippen LogP contribution in [0.3, 0.4) is 0 Å². The van der Waals surface area contributed by atoms with E-state index in [1.165, 1.54) is 29.9 Å². The predicted molar refractivity (Wildman–Crippen MR) is 115 cm³/mol. The summed E-state index contributed by atoms with van der Waals surface area (Å²) < 4.78 is 1.96. The number of carbonyl (C=O) groups excluding carboxylic acids is 1. The van der Waals surface area contributed by atoms with Crippen LogP contribution >= 0.6 is 11.3 Å². The number of benzene rings is 1. The Bertz CT molecular complexity index is 1380. The van der Waals surface area contributed by atoms with Gasteiger partial charge in [-0.2, -0.15) is 0 Å². The smallest absolute Gasteiger partial charge is 0.271 e. The zero-order valence-corrected chi connectivity index (χ0v) is 17.1. The van der Waals surface area contributed by atoms with Gasteiger partial charge in [-0.3, -0.25) is 9.78 Å². The number of hydrogen-bond acceptors (Lipinski definition) is 7. The Morgan fingerprint density at radius 2 is 2.07 bits per heavy atom. The number of amides is 1. The molecule has 0 aliphatic rings. The molecule has 0 saturated carbocycles. The second-order valence-electron chi connectivity index (χ2n) is 6.93. The second-order valence-corrected chi connectivity index (χ2v) is 7.91. The molecule has 5 aromatic rings. The Morgan fingerprint density at radius 3 is 2.90 bits per heavy atom. The van der Waals surface area contributed by atoms with E-state index in [0.717, 1.165) is 37.5 Å². The minimum Gasteiger partial charge on any atom is -0.344 e. The van der Waals surface area contributed by atoms with Gasteiger partial charge in [0.15, 0.2) is 0 Å². The first-order chi connectivity index (χ1) is 14.6. The maximum absolute atomic E-state index is 12.4. The fraction of sp³-hybridized carbons (Fsp3) is 0.143. The van der Waals surface area contributed by atoms with Crippen molar-refractivity contribution in [3.63, 3.8) is 0 Å². The summed E-state index contributed by atoms with van der Waals surface area (Å²) in [6.07, 6.45) is 8.04. The van der Waals surface area contributed by atoms with Crippen LogP contribution in [-0.2, 0) is 7.05 Å². The zero-order chi connectivity index (χ0) is 20.7. The first-order valence-corrected chi connectivity index (χ1v) is 10.2. The van der Waals surface area contributed by atoms with E-state index in [2.05, 4.69) is 25.3 Å². The molecule has 0 spiro atoms. The highest BCUT2D eigenvalue weighted by atomic mass is 32.1. The van der Waals surface area contributed by atoms with Crippen LogP contribution in [0.1, 0.15) is 29.0 Å². The van der Waals surface area contributed by atoms with E-state index < -0.39 is 0 Å². The average Bonchev–Trinajstić information content (AvgIpc) is 3.38. The third-order valence-electron chi connectivity index (χ3n) is 4.88.